The smallest absolute Gasteiger partial charge is 0.416 e. The maximum Gasteiger partial charge on any atom is 0.416 e. The lowest BCUT2D eigenvalue weighted by Gasteiger charge is -2.11. The molecule has 2 N–H and O–H groups in total. The Labute approximate surface area is 217 Å². The molecule has 0 bridgehead atoms. The van der Waals surface area contributed by atoms with E-state index in [1.165, 1.54) is 18.4 Å². The molecule has 0 saturated heterocycles. The Morgan fingerprint density at radius 1 is 0.974 bits per heavy atom. The van der Waals surface area contributed by atoms with E-state index >= 15 is 0 Å². The fourth-order valence-electron chi connectivity index (χ4n) is 3.95. The SMILES string of the molecule is OCc1cc(OCc2coc(/C=C/c3ccc(C(F)(F)F)cc3)n2)ccc1CCCCn1ccnc1CO. The van der Waals surface area contributed by atoms with E-state index in [1.54, 1.807) is 24.4 Å². The predicted octanol–water partition coefficient (Wildman–Crippen LogP) is 5.65. The summed E-state index contributed by atoms with van der Waals surface area (Å²) in [5.74, 6) is 1.54. The lowest BCUT2D eigenvalue weighted by molar-refractivity contribution is -0.137. The van der Waals surface area contributed by atoms with Gasteiger partial charge in [-0.3, -0.25) is 0 Å². The van der Waals surface area contributed by atoms with Crippen molar-refractivity contribution >= 4 is 12.2 Å². The molecular weight excluding hydrogens is 499 g/mol. The first kappa shape index (κ1) is 27.2. The second-order valence-corrected chi connectivity index (χ2v) is 8.66. The summed E-state index contributed by atoms with van der Waals surface area (Å²) in [6.07, 6.45) is 6.43. The van der Waals surface area contributed by atoms with Crippen molar-refractivity contribution in [2.24, 2.45) is 0 Å². The van der Waals surface area contributed by atoms with Gasteiger partial charge in [-0.15, -0.1) is 0 Å². The summed E-state index contributed by atoms with van der Waals surface area (Å²) in [6, 6.07) is 10.4. The number of ether oxygens (including phenoxy) is 1. The van der Waals surface area contributed by atoms with Crippen molar-refractivity contribution in [3.8, 4) is 5.75 Å². The van der Waals surface area contributed by atoms with Crippen LogP contribution >= 0.6 is 0 Å². The third kappa shape index (κ3) is 7.33. The zero-order valence-electron chi connectivity index (χ0n) is 20.6. The number of aliphatic hydroxyl groups is 2. The fraction of sp³-hybridized carbons (Fsp3) is 0.286. The molecule has 0 amide bonds. The first-order valence-corrected chi connectivity index (χ1v) is 12.1. The summed E-state index contributed by atoms with van der Waals surface area (Å²) in [4.78, 5) is 8.41. The Morgan fingerprint density at radius 3 is 2.53 bits per heavy atom. The van der Waals surface area contributed by atoms with Crippen molar-refractivity contribution < 1.29 is 32.5 Å². The third-order valence-corrected chi connectivity index (χ3v) is 6.00. The molecule has 2 heterocycles. The summed E-state index contributed by atoms with van der Waals surface area (Å²) in [5, 5.41) is 19.1. The number of rotatable bonds is 12. The molecule has 0 radical (unpaired) electrons. The van der Waals surface area contributed by atoms with Gasteiger partial charge in [-0.05, 0) is 66.3 Å². The average Bonchev–Trinajstić information content (AvgIpc) is 3.58. The highest BCUT2D eigenvalue weighted by Gasteiger charge is 2.29. The summed E-state index contributed by atoms with van der Waals surface area (Å²) < 4.78 is 51.2. The predicted molar refractivity (Wildman–Crippen MR) is 135 cm³/mol. The number of hydrogen-bond donors (Lipinski definition) is 2. The summed E-state index contributed by atoms with van der Waals surface area (Å²) in [6.45, 7) is 0.731. The summed E-state index contributed by atoms with van der Waals surface area (Å²) >= 11 is 0. The number of alkyl halides is 3. The van der Waals surface area contributed by atoms with Crippen LogP contribution < -0.4 is 4.74 Å². The first-order valence-electron chi connectivity index (χ1n) is 12.1. The number of aryl methyl sites for hydroxylation is 2. The number of oxazole rings is 1. The molecule has 0 fully saturated rings. The molecule has 2 aromatic carbocycles. The minimum atomic E-state index is -4.37. The van der Waals surface area contributed by atoms with E-state index in [2.05, 4.69) is 9.97 Å². The largest absolute Gasteiger partial charge is 0.487 e. The van der Waals surface area contributed by atoms with Crippen molar-refractivity contribution in [3.63, 3.8) is 0 Å². The standard InChI is InChI=1S/C28H28F3N3O4/c29-28(30,31)23-8-4-20(5-9-23)6-11-27-33-24(19-38-27)18-37-25-10-7-21(22(15-25)16-35)3-1-2-13-34-14-12-32-26(34)17-36/h4-12,14-15,19,35-36H,1-3,13,16-18H2/b11-6+. The highest BCUT2D eigenvalue weighted by Crippen LogP contribution is 2.29. The van der Waals surface area contributed by atoms with Gasteiger partial charge in [-0.25, -0.2) is 9.97 Å². The van der Waals surface area contributed by atoms with Crippen LogP contribution in [0.2, 0.25) is 0 Å². The van der Waals surface area contributed by atoms with Crippen LogP contribution in [0.5, 0.6) is 5.75 Å². The highest BCUT2D eigenvalue weighted by atomic mass is 19.4. The Balaban J connectivity index is 1.27. The topological polar surface area (TPSA) is 93.5 Å². The molecule has 0 aliphatic carbocycles. The van der Waals surface area contributed by atoms with Crippen LogP contribution in [0.4, 0.5) is 13.2 Å². The monoisotopic (exact) mass is 527 g/mol. The molecule has 0 unspecified atom stereocenters. The van der Waals surface area contributed by atoms with Crippen LogP contribution in [0.1, 0.15) is 52.5 Å². The van der Waals surface area contributed by atoms with Gasteiger partial charge in [0.05, 0.1) is 12.2 Å². The fourth-order valence-corrected chi connectivity index (χ4v) is 3.95. The van der Waals surface area contributed by atoms with Gasteiger partial charge in [0, 0.05) is 25.0 Å². The third-order valence-electron chi connectivity index (χ3n) is 6.00. The first-order chi connectivity index (χ1) is 18.4. The lowest BCUT2D eigenvalue weighted by atomic mass is 10.0. The highest BCUT2D eigenvalue weighted by molar-refractivity contribution is 5.66. The van der Waals surface area contributed by atoms with Crippen molar-refractivity contribution in [2.45, 2.75) is 51.8 Å². The average molecular weight is 528 g/mol. The van der Waals surface area contributed by atoms with Gasteiger partial charge in [-0.1, -0.05) is 18.2 Å². The van der Waals surface area contributed by atoms with Crippen molar-refractivity contribution in [2.75, 3.05) is 0 Å². The number of hydrogen-bond acceptors (Lipinski definition) is 6. The summed E-state index contributed by atoms with van der Waals surface area (Å²) in [5.41, 5.74) is 2.27. The number of imidazole rings is 1. The maximum atomic E-state index is 12.7. The molecule has 4 aromatic rings. The molecule has 0 saturated carbocycles. The van der Waals surface area contributed by atoms with Gasteiger partial charge in [0.2, 0.25) is 5.89 Å². The number of nitrogens with zero attached hydrogens (tertiary/aromatic N) is 3. The minimum absolute atomic E-state index is 0.0851. The number of aliphatic hydroxyl groups excluding tert-OH is 2. The van der Waals surface area contributed by atoms with Crippen LogP contribution in [0.15, 0.2) is 65.5 Å². The molecule has 38 heavy (non-hydrogen) atoms. The number of aromatic nitrogens is 3. The van der Waals surface area contributed by atoms with E-state index in [-0.39, 0.29) is 19.8 Å². The zero-order valence-corrected chi connectivity index (χ0v) is 20.6. The number of halogens is 3. The van der Waals surface area contributed by atoms with Gasteiger partial charge >= 0.3 is 6.18 Å². The van der Waals surface area contributed by atoms with Crippen molar-refractivity contribution in [1.29, 1.82) is 0 Å². The molecule has 4 rings (SSSR count). The number of unbranched alkanes of at least 4 members (excludes halogenated alkanes) is 1. The number of benzene rings is 2. The van der Waals surface area contributed by atoms with Crippen molar-refractivity contribution in [1.82, 2.24) is 14.5 Å². The van der Waals surface area contributed by atoms with E-state index in [4.69, 9.17) is 9.15 Å². The quantitative estimate of drug-likeness (QED) is 0.232. The van der Waals surface area contributed by atoms with Crippen LogP contribution in [-0.4, -0.2) is 24.7 Å². The Hall–Kier alpha value is -3.89. The maximum absolute atomic E-state index is 12.7. The Kier molecular flexibility index (Phi) is 8.98. The molecule has 7 nitrogen and oxygen atoms in total. The second-order valence-electron chi connectivity index (χ2n) is 8.66. The Bertz CT molecular complexity index is 1340. The zero-order chi connectivity index (χ0) is 27.0. The van der Waals surface area contributed by atoms with Crippen molar-refractivity contribution in [3.05, 3.63) is 101 Å². The molecule has 200 valence electrons. The lowest BCUT2D eigenvalue weighted by Crippen LogP contribution is -2.04. The van der Waals surface area contributed by atoms with Gasteiger partial charge in [0.25, 0.3) is 0 Å². The summed E-state index contributed by atoms with van der Waals surface area (Å²) in [7, 11) is 0. The second kappa shape index (κ2) is 12.6. The molecule has 2 aromatic heterocycles. The van der Waals surface area contributed by atoms with Gasteiger partial charge < -0.3 is 23.9 Å². The molecule has 0 aliphatic rings. The van der Waals surface area contributed by atoms with Crippen LogP contribution in [-0.2, 0) is 39.0 Å². The van der Waals surface area contributed by atoms with Crippen LogP contribution in [0.25, 0.3) is 12.2 Å². The molecule has 0 spiro atoms. The van der Waals surface area contributed by atoms with E-state index in [1.807, 2.05) is 22.9 Å². The molecular formula is C28H28F3N3O4. The molecule has 10 heteroatoms. The van der Waals surface area contributed by atoms with Gasteiger partial charge in [0.1, 0.15) is 36.7 Å². The van der Waals surface area contributed by atoms with E-state index < -0.39 is 11.7 Å². The van der Waals surface area contributed by atoms with Crippen LogP contribution in [0, 0.1) is 0 Å². The molecule has 0 aliphatic heterocycles. The van der Waals surface area contributed by atoms with Gasteiger partial charge in [0.15, 0.2) is 0 Å². The minimum Gasteiger partial charge on any atom is -0.487 e. The van der Waals surface area contributed by atoms with E-state index in [0.29, 0.717) is 28.7 Å². The molecule has 0 atom stereocenters. The van der Waals surface area contributed by atoms with E-state index in [0.717, 1.165) is 49.1 Å². The van der Waals surface area contributed by atoms with Gasteiger partial charge in [-0.2, -0.15) is 13.2 Å². The Morgan fingerprint density at radius 2 is 1.79 bits per heavy atom. The normalized spacial score (nSPS) is 11.9. The van der Waals surface area contributed by atoms with E-state index in [9.17, 15) is 23.4 Å². The van der Waals surface area contributed by atoms with Crippen LogP contribution in [0.3, 0.4) is 0 Å².